The maximum atomic E-state index is 12.6. The van der Waals surface area contributed by atoms with Crippen molar-refractivity contribution in [2.75, 3.05) is 17.7 Å². The highest BCUT2D eigenvalue weighted by molar-refractivity contribution is 7.99. The average Bonchev–Trinajstić information content (AvgIpc) is 3.37. The number of anilines is 1. The first-order valence-electron chi connectivity index (χ1n) is 10.3. The second kappa shape index (κ2) is 11.6. The Hall–Kier alpha value is -2.91. The first kappa shape index (κ1) is 23.7. The van der Waals surface area contributed by atoms with Crippen LogP contribution in [0.2, 0.25) is 0 Å². The van der Waals surface area contributed by atoms with E-state index in [-0.39, 0.29) is 18.3 Å². The number of allylic oxidation sites excluding steroid dienone is 1. The van der Waals surface area contributed by atoms with Crippen LogP contribution in [0.25, 0.3) is 0 Å². The van der Waals surface area contributed by atoms with Crippen molar-refractivity contribution in [2.45, 2.75) is 38.4 Å². The molecule has 1 N–H and O–H groups in total. The van der Waals surface area contributed by atoms with Gasteiger partial charge in [0, 0.05) is 17.8 Å². The number of amides is 1. The molecule has 0 saturated carbocycles. The topological polar surface area (TPSA) is 86.1 Å². The molecular weight excluding hydrogens is 444 g/mol. The number of aryl methyl sites for hydroxylation is 1. The number of rotatable bonds is 11. The number of hydrogen-bond acceptors (Lipinski definition) is 7. The number of carbonyl (C=O) groups excluding carboxylic acids is 2. The van der Waals surface area contributed by atoms with E-state index in [2.05, 4.69) is 22.1 Å². The Morgan fingerprint density at radius 2 is 2.03 bits per heavy atom. The molecule has 2 aromatic heterocycles. The third kappa shape index (κ3) is 6.08. The van der Waals surface area contributed by atoms with Gasteiger partial charge in [-0.05, 0) is 25.0 Å². The normalized spacial score (nSPS) is 10.7. The van der Waals surface area contributed by atoms with Gasteiger partial charge in [0.05, 0.1) is 17.9 Å². The Balaban J connectivity index is 1.68. The van der Waals surface area contributed by atoms with Crippen molar-refractivity contribution < 1.29 is 14.3 Å². The van der Waals surface area contributed by atoms with Gasteiger partial charge in [-0.15, -0.1) is 28.1 Å². The molecule has 0 atom stereocenters. The summed E-state index contributed by atoms with van der Waals surface area (Å²) in [6.07, 6.45) is 3.20. The van der Waals surface area contributed by atoms with Gasteiger partial charge in [-0.1, -0.05) is 55.1 Å². The monoisotopic (exact) mass is 470 g/mol. The number of ether oxygens (including phenoxy) is 1. The van der Waals surface area contributed by atoms with E-state index in [1.165, 1.54) is 23.1 Å². The molecule has 0 aliphatic heterocycles. The zero-order valence-electron chi connectivity index (χ0n) is 18.2. The minimum absolute atomic E-state index is 0.141. The molecule has 1 amide bonds. The van der Waals surface area contributed by atoms with Crippen LogP contribution in [-0.2, 0) is 28.9 Å². The van der Waals surface area contributed by atoms with E-state index in [1.807, 2.05) is 41.8 Å². The fourth-order valence-corrected chi connectivity index (χ4v) is 4.78. The van der Waals surface area contributed by atoms with Crippen LogP contribution in [0, 0.1) is 0 Å². The molecule has 0 saturated heterocycles. The number of esters is 1. The van der Waals surface area contributed by atoms with Crippen molar-refractivity contribution in [1.82, 2.24) is 14.8 Å². The second-order valence-electron chi connectivity index (χ2n) is 6.83. The van der Waals surface area contributed by atoms with E-state index in [4.69, 9.17) is 4.74 Å². The molecule has 1 aromatic carbocycles. The van der Waals surface area contributed by atoms with Gasteiger partial charge in [0.15, 0.2) is 5.16 Å². The van der Waals surface area contributed by atoms with Crippen LogP contribution in [0.4, 0.5) is 5.00 Å². The lowest BCUT2D eigenvalue weighted by molar-refractivity contribution is -0.113. The maximum absolute atomic E-state index is 12.6. The van der Waals surface area contributed by atoms with Gasteiger partial charge in [0.1, 0.15) is 10.8 Å². The van der Waals surface area contributed by atoms with Crippen molar-refractivity contribution in [1.29, 1.82) is 0 Å². The Labute approximate surface area is 195 Å². The largest absolute Gasteiger partial charge is 0.462 e. The average molecular weight is 471 g/mol. The highest BCUT2D eigenvalue weighted by atomic mass is 32.2. The van der Waals surface area contributed by atoms with Crippen molar-refractivity contribution in [3.8, 4) is 0 Å². The molecule has 0 bridgehead atoms. The van der Waals surface area contributed by atoms with Crippen LogP contribution in [-0.4, -0.2) is 39.0 Å². The van der Waals surface area contributed by atoms with E-state index >= 15 is 0 Å². The molecule has 0 radical (unpaired) electrons. The standard InChI is InChI=1S/C23H26N4O3S2/c1-4-12-27-19(13-16-10-8-7-9-11-16)25-26-23(27)31-15-20(28)24-21-18(22(29)30-6-3)14-17(5-2)32-21/h4,7-11,14H,1,5-6,12-13,15H2,2-3H3,(H,24,28). The summed E-state index contributed by atoms with van der Waals surface area (Å²) in [5.41, 5.74) is 1.53. The van der Waals surface area contributed by atoms with Crippen molar-refractivity contribution in [2.24, 2.45) is 0 Å². The molecule has 0 fully saturated rings. The number of benzene rings is 1. The quantitative estimate of drug-likeness (QED) is 0.251. The van der Waals surface area contributed by atoms with E-state index in [9.17, 15) is 9.59 Å². The van der Waals surface area contributed by atoms with Crippen LogP contribution in [0.15, 0.2) is 54.2 Å². The maximum Gasteiger partial charge on any atom is 0.341 e. The minimum atomic E-state index is -0.428. The number of nitrogens with one attached hydrogen (secondary N) is 1. The first-order valence-corrected chi connectivity index (χ1v) is 12.1. The second-order valence-corrected chi connectivity index (χ2v) is 8.91. The van der Waals surface area contributed by atoms with Crippen LogP contribution >= 0.6 is 23.1 Å². The van der Waals surface area contributed by atoms with Crippen LogP contribution in [0.3, 0.4) is 0 Å². The Bertz CT molecular complexity index is 1080. The van der Waals surface area contributed by atoms with Crippen LogP contribution in [0.1, 0.15) is 40.5 Å². The molecule has 3 rings (SSSR count). The highest BCUT2D eigenvalue weighted by Gasteiger charge is 2.20. The molecule has 0 unspecified atom stereocenters. The predicted octanol–water partition coefficient (Wildman–Crippen LogP) is 4.59. The third-order valence-corrected chi connectivity index (χ3v) is 6.68. The summed E-state index contributed by atoms with van der Waals surface area (Å²) in [5, 5.41) is 12.6. The molecule has 7 nitrogen and oxygen atoms in total. The molecule has 0 spiro atoms. The summed E-state index contributed by atoms with van der Waals surface area (Å²) in [5.74, 6) is 0.308. The predicted molar refractivity (Wildman–Crippen MR) is 128 cm³/mol. The zero-order chi connectivity index (χ0) is 22.9. The summed E-state index contributed by atoms with van der Waals surface area (Å²) < 4.78 is 7.07. The van der Waals surface area contributed by atoms with Gasteiger partial charge in [-0.3, -0.25) is 4.79 Å². The molecule has 0 aliphatic rings. The third-order valence-electron chi connectivity index (χ3n) is 4.52. The summed E-state index contributed by atoms with van der Waals surface area (Å²) >= 11 is 2.69. The van der Waals surface area contributed by atoms with Crippen molar-refractivity contribution >= 4 is 40.0 Å². The van der Waals surface area contributed by atoms with Gasteiger partial charge in [0.25, 0.3) is 0 Å². The lowest BCUT2D eigenvalue weighted by Gasteiger charge is -2.08. The lowest BCUT2D eigenvalue weighted by atomic mass is 10.1. The SMILES string of the molecule is C=CCn1c(Cc2ccccc2)nnc1SCC(=O)Nc1sc(CC)cc1C(=O)OCC. The van der Waals surface area contributed by atoms with Gasteiger partial charge in [0.2, 0.25) is 5.91 Å². The van der Waals surface area contributed by atoms with E-state index in [0.717, 1.165) is 22.7 Å². The van der Waals surface area contributed by atoms with Gasteiger partial charge in [-0.2, -0.15) is 0 Å². The Morgan fingerprint density at radius 3 is 2.72 bits per heavy atom. The first-order chi connectivity index (χ1) is 15.5. The smallest absolute Gasteiger partial charge is 0.341 e. The number of thiophene rings is 1. The van der Waals surface area contributed by atoms with Crippen LogP contribution in [0.5, 0.6) is 0 Å². The molecule has 168 valence electrons. The molecule has 32 heavy (non-hydrogen) atoms. The highest BCUT2D eigenvalue weighted by Crippen LogP contribution is 2.30. The summed E-state index contributed by atoms with van der Waals surface area (Å²) in [7, 11) is 0. The zero-order valence-corrected chi connectivity index (χ0v) is 19.8. The molecule has 3 aromatic rings. The number of carbonyl (C=O) groups is 2. The van der Waals surface area contributed by atoms with E-state index < -0.39 is 5.97 Å². The number of thioether (sulfide) groups is 1. The number of aromatic nitrogens is 3. The summed E-state index contributed by atoms with van der Waals surface area (Å²) in [6.45, 7) is 8.41. The van der Waals surface area contributed by atoms with Crippen molar-refractivity contribution in [3.05, 3.63) is 70.9 Å². The molecule has 0 aliphatic carbocycles. The minimum Gasteiger partial charge on any atom is -0.462 e. The molecular formula is C23H26N4O3S2. The van der Waals surface area contributed by atoms with Crippen LogP contribution < -0.4 is 5.32 Å². The number of nitrogens with zero attached hydrogens (tertiary/aromatic N) is 3. The Kier molecular flexibility index (Phi) is 8.64. The Morgan fingerprint density at radius 1 is 1.25 bits per heavy atom. The van der Waals surface area contributed by atoms with Gasteiger partial charge >= 0.3 is 5.97 Å². The van der Waals surface area contributed by atoms with E-state index in [1.54, 1.807) is 19.1 Å². The van der Waals surface area contributed by atoms with Gasteiger partial charge < -0.3 is 14.6 Å². The number of hydrogen-bond donors (Lipinski definition) is 1. The fourth-order valence-electron chi connectivity index (χ4n) is 3.01. The molecule has 9 heteroatoms. The summed E-state index contributed by atoms with van der Waals surface area (Å²) in [6, 6.07) is 11.8. The summed E-state index contributed by atoms with van der Waals surface area (Å²) in [4.78, 5) is 25.9. The van der Waals surface area contributed by atoms with E-state index in [0.29, 0.717) is 28.7 Å². The van der Waals surface area contributed by atoms with Gasteiger partial charge in [-0.25, -0.2) is 4.79 Å². The molecule has 2 heterocycles. The fraction of sp³-hybridized carbons (Fsp3) is 0.304. The van der Waals surface area contributed by atoms with Crippen molar-refractivity contribution in [3.63, 3.8) is 0 Å². The lowest BCUT2D eigenvalue weighted by Crippen LogP contribution is -2.16.